The molecule has 0 aliphatic rings. The zero-order valence-electron chi connectivity index (χ0n) is 4.14. The number of hydrogen-bond donors (Lipinski definition) is 2. The zero-order valence-corrected chi connectivity index (χ0v) is 4.14. The molecule has 48 valence electrons. The molecule has 0 heterocycles. The van der Waals surface area contributed by atoms with Crippen LogP contribution in [-0.4, -0.2) is 18.9 Å². The molecule has 0 aromatic carbocycles. The number of nitrogens with zero attached hydrogens (tertiary/aromatic N) is 1. The first-order valence-corrected chi connectivity index (χ1v) is 1.96. The van der Waals surface area contributed by atoms with Gasteiger partial charge in [0, 0.05) is 0 Å². The quantitative estimate of drug-likeness (QED) is 0.385. The van der Waals surface area contributed by atoms with Gasteiger partial charge in [0.1, 0.15) is 6.54 Å². The molecular formula is C3H7F2N3. The van der Waals surface area contributed by atoms with Gasteiger partial charge in [0.05, 0.1) is 0 Å². The number of guanidine groups is 1. The maximum atomic E-state index is 11.2. The molecule has 5 heteroatoms. The Labute approximate surface area is 45.4 Å². The highest BCUT2D eigenvalue weighted by Crippen LogP contribution is 1.89. The average molecular weight is 123 g/mol. The summed E-state index contributed by atoms with van der Waals surface area (Å²) in [5, 5.41) is 0. The van der Waals surface area contributed by atoms with E-state index in [0.29, 0.717) is 0 Å². The predicted molar refractivity (Wildman–Crippen MR) is 26.7 cm³/mol. The number of aliphatic imine (C=N–C) groups is 1. The maximum absolute atomic E-state index is 11.2. The highest BCUT2D eigenvalue weighted by Gasteiger charge is 1.97. The second kappa shape index (κ2) is 3.17. The van der Waals surface area contributed by atoms with Crippen molar-refractivity contribution >= 4 is 5.96 Å². The van der Waals surface area contributed by atoms with E-state index >= 15 is 0 Å². The fourth-order valence-electron chi connectivity index (χ4n) is 0.174. The topological polar surface area (TPSA) is 64.4 Å². The van der Waals surface area contributed by atoms with Crippen LogP contribution in [0.1, 0.15) is 0 Å². The Kier molecular flexibility index (Phi) is 2.83. The molecule has 0 aliphatic heterocycles. The van der Waals surface area contributed by atoms with Crippen LogP contribution in [0.2, 0.25) is 0 Å². The monoisotopic (exact) mass is 123 g/mol. The van der Waals surface area contributed by atoms with E-state index in [9.17, 15) is 8.78 Å². The molecule has 0 aliphatic carbocycles. The van der Waals surface area contributed by atoms with E-state index in [1.807, 2.05) is 0 Å². The van der Waals surface area contributed by atoms with Crippen LogP contribution in [0.15, 0.2) is 4.99 Å². The molecule has 8 heavy (non-hydrogen) atoms. The predicted octanol–water partition coefficient (Wildman–Crippen LogP) is -0.475. The first kappa shape index (κ1) is 7.13. The van der Waals surface area contributed by atoms with Crippen molar-refractivity contribution < 1.29 is 8.78 Å². The Morgan fingerprint density at radius 2 is 2.00 bits per heavy atom. The van der Waals surface area contributed by atoms with Crippen LogP contribution in [0.3, 0.4) is 0 Å². The maximum Gasteiger partial charge on any atom is 0.257 e. The van der Waals surface area contributed by atoms with Crippen molar-refractivity contribution in [1.29, 1.82) is 0 Å². The van der Waals surface area contributed by atoms with Crippen molar-refractivity contribution in [3.63, 3.8) is 0 Å². The third-order valence-electron chi connectivity index (χ3n) is 0.412. The minimum atomic E-state index is -2.46. The summed E-state index contributed by atoms with van der Waals surface area (Å²) < 4.78 is 22.4. The number of nitrogens with two attached hydrogens (primary N) is 2. The van der Waals surface area contributed by atoms with Crippen LogP contribution < -0.4 is 11.5 Å². The first-order chi connectivity index (χ1) is 3.63. The molecule has 0 radical (unpaired) electrons. The summed E-state index contributed by atoms with van der Waals surface area (Å²) in [5.74, 6) is -0.301. The lowest BCUT2D eigenvalue weighted by atomic mass is 10.7. The van der Waals surface area contributed by atoms with Gasteiger partial charge >= 0.3 is 0 Å². The molecule has 4 N–H and O–H groups in total. The molecule has 0 bridgehead atoms. The molecule has 3 nitrogen and oxygen atoms in total. The Morgan fingerprint density at radius 1 is 1.50 bits per heavy atom. The number of hydrogen-bond acceptors (Lipinski definition) is 1. The van der Waals surface area contributed by atoms with Crippen LogP contribution in [0, 0.1) is 0 Å². The summed E-state index contributed by atoms with van der Waals surface area (Å²) >= 11 is 0. The highest BCUT2D eigenvalue weighted by molar-refractivity contribution is 5.75. The number of rotatable bonds is 2. The Hall–Kier alpha value is -0.870. The molecule has 0 unspecified atom stereocenters. The van der Waals surface area contributed by atoms with Gasteiger partial charge in [-0.05, 0) is 0 Å². The standard InChI is InChI=1S/C3H7F2N3/c4-2(5)1-8-3(6)7/h2H,1H2,(H4,6,7,8). The molecule has 0 aromatic rings. The summed E-state index contributed by atoms with van der Waals surface area (Å²) in [5.41, 5.74) is 9.47. The van der Waals surface area contributed by atoms with Crippen molar-refractivity contribution in [2.24, 2.45) is 16.5 Å². The second-order valence-corrected chi connectivity index (χ2v) is 1.16. The second-order valence-electron chi connectivity index (χ2n) is 1.16. The SMILES string of the molecule is NC(N)=NCC(F)F. The lowest BCUT2D eigenvalue weighted by molar-refractivity contribution is 0.158. The van der Waals surface area contributed by atoms with Gasteiger partial charge in [-0.1, -0.05) is 0 Å². The van der Waals surface area contributed by atoms with Crippen molar-refractivity contribution in [3.05, 3.63) is 0 Å². The van der Waals surface area contributed by atoms with Crippen LogP contribution >= 0.6 is 0 Å². The minimum absolute atomic E-state index is 0.301. The smallest absolute Gasteiger partial charge is 0.257 e. The molecule has 0 aromatic heterocycles. The summed E-state index contributed by atoms with van der Waals surface area (Å²) in [6.07, 6.45) is -2.46. The van der Waals surface area contributed by atoms with Crippen molar-refractivity contribution in [2.45, 2.75) is 6.43 Å². The van der Waals surface area contributed by atoms with E-state index in [-0.39, 0.29) is 5.96 Å². The van der Waals surface area contributed by atoms with Gasteiger partial charge in [-0.3, -0.25) is 0 Å². The van der Waals surface area contributed by atoms with Crippen LogP contribution in [0.4, 0.5) is 8.78 Å². The van der Waals surface area contributed by atoms with Gasteiger partial charge in [0.2, 0.25) is 0 Å². The van der Waals surface area contributed by atoms with Gasteiger partial charge in [-0.2, -0.15) is 0 Å². The first-order valence-electron chi connectivity index (χ1n) is 1.96. The molecular weight excluding hydrogens is 116 g/mol. The Balaban J connectivity index is 3.29. The molecule has 0 saturated heterocycles. The van der Waals surface area contributed by atoms with Gasteiger partial charge < -0.3 is 11.5 Å². The largest absolute Gasteiger partial charge is 0.370 e. The number of alkyl halides is 2. The summed E-state index contributed by atoms with van der Waals surface area (Å²) in [7, 11) is 0. The van der Waals surface area contributed by atoms with Crippen LogP contribution in [0.25, 0.3) is 0 Å². The molecule has 0 spiro atoms. The van der Waals surface area contributed by atoms with Crippen LogP contribution in [-0.2, 0) is 0 Å². The fourth-order valence-corrected chi connectivity index (χ4v) is 0.174. The van der Waals surface area contributed by atoms with E-state index < -0.39 is 13.0 Å². The third kappa shape index (κ3) is 5.13. The normalized spacial score (nSPS) is 9.38. The summed E-state index contributed by atoms with van der Waals surface area (Å²) in [6.45, 7) is -0.609. The molecule has 0 rings (SSSR count). The lowest BCUT2D eigenvalue weighted by Crippen LogP contribution is -2.23. The van der Waals surface area contributed by atoms with E-state index in [2.05, 4.69) is 4.99 Å². The van der Waals surface area contributed by atoms with E-state index in [4.69, 9.17) is 11.5 Å². The minimum Gasteiger partial charge on any atom is -0.370 e. The van der Waals surface area contributed by atoms with Gasteiger partial charge in [0.25, 0.3) is 6.43 Å². The molecule has 0 amide bonds. The van der Waals surface area contributed by atoms with Crippen molar-refractivity contribution in [3.8, 4) is 0 Å². The Bertz CT molecular complexity index is 86.5. The van der Waals surface area contributed by atoms with Crippen molar-refractivity contribution in [2.75, 3.05) is 6.54 Å². The van der Waals surface area contributed by atoms with Crippen LogP contribution in [0.5, 0.6) is 0 Å². The van der Waals surface area contributed by atoms with E-state index in [1.54, 1.807) is 0 Å². The Morgan fingerprint density at radius 3 is 2.12 bits per heavy atom. The number of halogens is 2. The van der Waals surface area contributed by atoms with E-state index in [0.717, 1.165) is 0 Å². The fraction of sp³-hybridized carbons (Fsp3) is 0.667. The highest BCUT2D eigenvalue weighted by atomic mass is 19.3. The average Bonchev–Trinajstić information content (AvgIpc) is 1.61. The summed E-state index contributed by atoms with van der Waals surface area (Å²) in [6, 6.07) is 0. The molecule has 0 atom stereocenters. The third-order valence-corrected chi connectivity index (χ3v) is 0.412. The van der Waals surface area contributed by atoms with E-state index in [1.165, 1.54) is 0 Å². The summed E-state index contributed by atoms with van der Waals surface area (Å²) in [4.78, 5) is 3.05. The van der Waals surface area contributed by atoms with Crippen molar-refractivity contribution in [1.82, 2.24) is 0 Å². The van der Waals surface area contributed by atoms with Gasteiger partial charge in [-0.15, -0.1) is 0 Å². The zero-order chi connectivity index (χ0) is 6.57. The molecule has 0 fully saturated rings. The molecule has 0 saturated carbocycles. The van der Waals surface area contributed by atoms with Gasteiger partial charge in [-0.25, -0.2) is 13.8 Å². The van der Waals surface area contributed by atoms with Gasteiger partial charge in [0.15, 0.2) is 5.96 Å². The lowest BCUT2D eigenvalue weighted by Gasteiger charge is -1.90.